The number of ether oxygens (including phenoxy) is 1. The molecule has 25 heavy (non-hydrogen) atoms. The molecule has 0 atom stereocenters. The Morgan fingerprint density at radius 3 is 2.72 bits per heavy atom. The molecule has 0 bridgehead atoms. The molecule has 0 saturated carbocycles. The van der Waals surface area contributed by atoms with Gasteiger partial charge in [-0.1, -0.05) is 47.4 Å². The summed E-state index contributed by atoms with van der Waals surface area (Å²) in [6.45, 7) is 2.57. The molecule has 0 aliphatic carbocycles. The fourth-order valence-corrected chi connectivity index (χ4v) is 3.73. The van der Waals surface area contributed by atoms with E-state index in [4.69, 9.17) is 4.74 Å². The van der Waals surface area contributed by atoms with E-state index in [-0.39, 0.29) is 5.91 Å². The molecular formula is C18H17N3O2S2. The quantitative estimate of drug-likeness (QED) is 0.672. The van der Waals surface area contributed by atoms with Crippen LogP contribution < -0.4 is 10.1 Å². The number of nitrogens with zero attached hydrogens (tertiary/aromatic N) is 2. The van der Waals surface area contributed by atoms with Crippen LogP contribution >= 0.6 is 23.1 Å². The Bertz CT molecular complexity index is 821. The molecule has 0 unspecified atom stereocenters. The largest absolute Gasteiger partial charge is 0.494 e. The second-order valence-corrected chi connectivity index (χ2v) is 7.23. The van der Waals surface area contributed by atoms with Gasteiger partial charge in [-0.15, -0.1) is 10.2 Å². The molecule has 1 aromatic heterocycles. The van der Waals surface area contributed by atoms with Crippen LogP contribution in [0.15, 0.2) is 63.3 Å². The zero-order valence-electron chi connectivity index (χ0n) is 13.6. The number of carbonyl (C=O) groups is 1. The number of hydrogen-bond acceptors (Lipinski definition) is 6. The minimum atomic E-state index is -0.0607. The Balaban J connectivity index is 1.64. The van der Waals surface area contributed by atoms with Gasteiger partial charge in [0.2, 0.25) is 5.91 Å². The summed E-state index contributed by atoms with van der Waals surface area (Å²) in [4.78, 5) is 13.3. The lowest BCUT2D eigenvalue weighted by Gasteiger charge is -2.10. The molecular weight excluding hydrogens is 354 g/mol. The van der Waals surface area contributed by atoms with Crippen molar-refractivity contribution in [2.24, 2.45) is 0 Å². The van der Waals surface area contributed by atoms with Crippen LogP contribution in [-0.4, -0.2) is 22.7 Å². The molecule has 1 amide bonds. The van der Waals surface area contributed by atoms with Gasteiger partial charge in [0.15, 0.2) is 4.34 Å². The summed E-state index contributed by atoms with van der Waals surface area (Å²) < 4.78 is 6.25. The van der Waals surface area contributed by atoms with E-state index in [1.54, 1.807) is 5.51 Å². The predicted molar refractivity (Wildman–Crippen MR) is 100 cm³/mol. The van der Waals surface area contributed by atoms with Crippen LogP contribution in [0.4, 0.5) is 5.69 Å². The van der Waals surface area contributed by atoms with Crippen LogP contribution in [0.2, 0.25) is 0 Å². The summed E-state index contributed by atoms with van der Waals surface area (Å²) in [5.41, 5.74) is 3.41. The first-order valence-corrected chi connectivity index (χ1v) is 9.49. The van der Waals surface area contributed by atoms with Gasteiger partial charge in [0, 0.05) is 4.90 Å². The van der Waals surface area contributed by atoms with Crippen molar-refractivity contribution < 1.29 is 9.53 Å². The number of benzene rings is 2. The average Bonchev–Trinajstić information content (AvgIpc) is 3.12. The number of anilines is 1. The summed E-state index contributed by atoms with van der Waals surface area (Å²) >= 11 is 2.96. The number of aromatic nitrogens is 2. The molecule has 0 fully saturated rings. The van der Waals surface area contributed by atoms with E-state index in [0.29, 0.717) is 13.0 Å². The number of carbonyl (C=O) groups excluding carboxylic acids is 1. The third kappa shape index (κ3) is 5.04. The smallest absolute Gasteiger partial charge is 0.228 e. The maximum absolute atomic E-state index is 12.4. The number of rotatable bonds is 7. The van der Waals surface area contributed by atoms with Gasteiger partial charge in [-0.05, 0) is 36.8 Å². The Morgan fingerprint density at radius 1 is 1.20 bits per heavy atom. The zero-order valence-corrected chi connectivity index (χ0v) is 15.3. The lowest BCUT2D eigenvalue weighted by Crippen LogP contribution is -2.14. The Kier molecular flexibility index (Phi) is 6.03. The maximum atomic E-state index is 12.4. The van der Waals surface area contributed by atoms with Crippen molar-refractivity contribution in [3.8, 4) is 5.75 Å². The molecule has 0 radical (unpaired) electrons. The minimum Gasteiger partial charge on any atom is -0.494 e. The van der Waals surface area contributed by atoms with E-state index in [2.05, 4.69) is 15.5 Å². The molecule has 3 aromatic rings. The monoisotopic (exact) mass is 371 g/mol. The first kappa shape index (κ1) is 17.4. The lowest BCUT2D eigenvalue weighted by atomic mass is 10.1. The highest BCUT2D eigenvalue weighted by Gasteiger charge is 2.10. The predicted octanol–water partition coefficient (Wildman–Crippen LogP) is 4.27. The molecule has 3 rings (SSSR count). The van der Waals surface area contributed by atoms with Gasteiger partial charge < -0.3 is 10.1 Å². The highest BCUT2D eigenvalue weighted by atomic mass is 32.2. The highest BCUT2D eigenvalue weighted by Crippen LogP contribution is 2.33. The van der Waals surface area contributed by atoms with Gasteiger partial charge in [-0.2, -0.15) is 0 Å². The summed E-state index contributed by atoms with van der Waals surface area (Å²) in [5, 5.41) is 10.8. The van der Waals surface area contributed by atoms with Gasteiger partial charge in [-0.3, -0.25) is 4.79 Å². The zero-order chi connectivity index (χ0) is 17.5. The average molecular weight is 371 g/mol. The van der Waals surface area contributed by atoms with Gasteiger partial charge in [-0.25, -0.2) is 0 Å². The third-order valence-corrected chi connectivity index (χ3v) is 5.15. The molecule has 2 aromatic carbocycles. The molecule has 1 N–H and O–H groups in total. The van der Waals surface area contributed by atoms with Gasteiger partial charge in [0.25, 0.3) is 0 Å². The van der Waals surface area contributed by atoms with E-state index in [1.165, 1.54) is 23.1 Å². The van der Waals surface area contributed by atoms with Crippen molar-refractivity contribution in [3.05, 3.63) is 59.6 Å². The number of amides is 1. The normalized spacial score (nSPS) is 10.4. The highest BCUT2D eigenvalue weighted by molar-refractivity contribution is 8.01. The third-order valence-electron chi connectivity index (χ3n) is 3.30. The molecule has 0 saturated heterocycles. The Hall–Kier alpha value is -2.38. The Morgan fingerprint density at radius 2 is 2.00 bits per heavy atom. The van der Waals surface area contributed by atoms with Crippen LogP contribution in [0.25, 0.3) is 0 Å². The van der Waals surface area contributed by atoms with Crippen molar-refractivity contribution in [2.45, 2.75) is 22.6 Å². The number of nitrogens with one attached hydrogen (secondary N) is 1. The second kappa shape index (κ2) is 8.64. The van der Waals surface area contributed by atoms with Crippen molar-refractivity contribution in [1.29, 1.82) is 0 Å². The minimum absolute atomic E-state index is 0.0607. The molecule has 128 valence electrons. The van der Waals surface area contributed by atoms with Crippen LogP contribution in [-0.2, 0) is 11.2 Å². The van der Waals surface area contributed by atoms with Gasteiger partial charge in [0.1, 0.15) is 11.3 Å². The summed E-state index contributed by atoms with van der Waals surface area (Å²) in [6, 6.07) is 15.3. The molecule has 0 aliphatic heterocycles. The van der Waals surface area contributed by atoms with E-state index in [9.17, 15) is 4.79 Å². The van der Waals surface area contributed by atoms with Crippen molar-refractivity contribution >= 4 is 34.7 Å². The summed E-state index contributed by atoms with van der Waals surface area (Å²) in [5.74, 6) is 0.750. The number of hydrogen-bond donors (Lipinski definition) is 1. The van der Waals surface area contributed by atoms with Crippen LogP contribution in [0.1, 0.15) is 12.5 Å². The fraction of sp³-hybridized carbons (Fsp3) is 0.167. The van der Waals surface area contributed by atoms with Crippen LogP contribution in [0.5, 0.6) is 5.75 Å². The molecule has 7 heteroatoms. The fourth-order valence-electron chi connectivity index (χ4n) is 2.21. The second-order valence-electron chi connectivity index (χ2n) is 5.10. The summed E-state index contributed by atoms with van der Waals surface area (Å²) in [6.07, 6.45) is 0.310. The van der Waals surface area contributed by atoms with Crippen LogP contribution in [0, 0.1) is 0 Å². The van der Waals surface area contributed by atoms with Gasteiger partial charge >= 0.3 is 0 Å². The lowest BCUT2D eigenvalue weighted by molar-refractivity contribution is -0.115. The maximum Gasteiger partial charge on any atom is 0.228 e. The van der Waals surface area contributed by atoms with E-state index in [1.807, 2.05) is 55.5 Å². The molecule has 0 aliphatic rings. The topological polar surface area (TPSA) is 64.1 Å². The van der Waals surface area contributed by atoms with Crippen LogP contribution in [0.3, 0.4) is 0 Å². The van der Waals surface area contributed by atoms with Crippen molar-refractivity contribution in [2.75, 3.05) is 11.9 Å². The first-order valence-electron chi connectivity index (χ1n) is 7.79. The summed E-state index contributed by atoms with van der Waals surface area (Å²) in [7, 11) is 0. The Labute approximate surface area is 154 Å². The van der Waals surface area contributed by atoms with E-state index < -0.39 is 0 Å². The molecule has 0 spiro atoms. The molecule has 1 heterocycles. The van der Waals surface area contributed by atoms with Gasteiger partial charge in [0.05, 0.1) is 18.7 Å². The first-order chi connectivity index (χ1) is 12.2. The van der Waals surface area contributed by atoms with Crippen molar-refractivity contribution in [1.82, 2.24) is 10.2 Å². The molecule has 5 nitrogen and oxygen atoms in total. The van der Waals surface area contributed by atoms with Crippen molar-refractivity contribution in [3.63, 3.8) is 0 Å². The SMILES string of the molecule is CCOc1ccc(CC(=O)Nc2ccccc2Sc2nncs2)cc1. The number of para-hydroxylation sites is 1. The van der Waals surface area contributed by atoms with E-state index in [0.717, 1.165) is 26.2 Å². The van der Waals surface area contributed by atoms with E-state index >= 15 is 0 Å². The standard InChI is InChI=1S/C18H17N3O2S2/c1-2-23-14-9-7-13(8-10-14)11-17(22)20-15-5-3-4-6-16(15)25-18-21-19-12-24-18/h3-10,12H,2,11H2,1H3,(H,20,22).